The van der Waals surface area contributed by atoms with Gasteiger partial charge in [-0.25, -0.2) is 0 Å². The lowest BCUT2D eigenvalue weighted by Crippen LogP contribution is -2.61. The zero-order valence-electron chi connectivity index (χ0n) is 13.7. The standard InChI is InChI=1S/C16H27N3O2/c1-9(2)11-12-13(14(20)17-16(3,4)5)18-8-6-7-10(18)15(21)19(11)12/h9-13H,6-8H2,1-5H3,(H,17,20)/t10-,11+,12-,13-,19?/m1/s1. The largest absolute Gasteiger partial charge is 0.350 e. The van der Waals surface area contributed by atoms with Crippen molar-refractivity contribution >= 4 is 11.8 Å². The molecule has 21 heavy (non-hydrogen) atoms. The van der Waals surface area contributed by atoms with Gasteiger partial charge in [-0.2, -0.15) is 0 Å². The molecule has 4 atom stereocenters. The number of piperazine rings is 1. The van der Waals surface area contributed by atoms with Crippen LogP contribution < -0.4 is 5.32 Å². The monoisotopic (exact) mass is 293 g/mol. The molecule has 0 unspecified atom stereocenters. The highest BCUT2D eigenvalue weighted by atomic mass is 16.2. The molecule has 3 saturated heterocycles. The highest BCUT2D eigenvalue weighted by Gasteiger charge is 2.65. The predicted molar refractivity (Wildman–Crippen MR) is 80.7 cm³/mol. The maximum Gasteiger partial charge on any atom is 0.240 e. The van der Waals surface area contributed by atoms with Crippen LogP contribution >= 0.6 is 0 Å². The normalized spacial score (nSPS) is 35.7. The van der Waals surface area contributed by atoms with E-state index >= 15 is 0 Å². The van der Waals surface area contributed by atoms with Gasteiger partial charge >= 0.3 is 0 Å². The summed E-state index contributed by atoms with van der Waals surface area (Å²) in [6, 6.07) is 0.0792. The van der Waals surface area contributed by atoms with Crippen LogP contribution in [-0.4, -0.2) is 57.9 Å². The fourth-order valence-corrected chi connectivity index (χ4v) is 4.12. The fraction of sp³-hybridized carbons (Fsp3) is 0.875. The highest BCUT2D eigenvalue weighted by molar-refractivity contribution is 5.93. The van der Waals surface area contributed by atoms with Crippen LogP contribution in [0.1, 0.15) is 47.5 Å². The Morgan fingerprint density at radius 2 is 2.00 bits per heavy atom. The van der Waals surface area contributed by atoms with Gasteiger partial charge in [-0.05, 0) is 46.1 Å². The van der Waals surface area contributed by atoms with Gasteiger partial charge in [0.05, 0.1) is 18.1 Å². The van der Waals surface area contributed by atoms with Crippen LogP contribution in [0.15, 0.2) is 0 Å². The molecule has 0 aliphatic carbocycles. The van der Waals surface area contributed by atoms with Crippen molar-refractivity contribution in [2.45, 2.75) is 77.2 Å². The Bertz CT molecular complexity index is 469. The zero-order chi connectivity index (χ0) is 15.5. The van der Waals surface area contributed by atoms with Crippen molar-refractivity contribution in [3.8, 4) is 0 Å². The maximum absolute atomic E-state index is 12.8. The topological polar surface area (TPSA) is 52.4 Å². The second-order valence-electron chi connectivity index (χ2n) is 8.05. The van der Waals surface area contributed by atoms with Crippen LogP contribution in [0.25, 0.3) is 0 Å². The van der Waals surface area contributed by atoms with E-state index in [0.717, 1.165) is 19.4 Å². The third-order valence-corrected chi connectivity index (χ3v) is 4.87. The Balaban J connectivity index is 1.86. The Labute approximate surface area is 127 Å². The van der Waals surface area contributed by atoms with E-state index in [1.54, 1.807) is 0 Å². The molecule has 0 radical (unpaired) electrons. The van der Waals surface area contributed by atoms with Crippen molar-refractivity contribution in [3.63, 3.8) is 0 Å². The lowest BCUT2D eigenvalue weighted by atomic mass is 9.99. The van der Waals surface area contributed by atoms with Gasteiger partial charge in [0.1, 0.15) is 6.04 Å². The van der Waals surface area contributed by atoms with E-state index in [9.17, 15) is 9.59 Å². The van der Waals surface area contributed by atoms with E-state index < -0.39 is 0 Å². The van der Waals surface area contributed by atoms with Gasteiger partial charge in [0.25, 0.3) is 0 Å². The number of hydrogen-bond acceptors (Lipinski definition) is 3. The number of amides is 2. The third-order valence-electron chi connectivity index (χ3n) is 4.87. The predicted octanol–water partition coefficient (Wildman–Crippen LogP) is 0.983. The summed E-state index contributed by atoms with van der Waals surface area (Å²) in [7, 11) is 0. The summed E-state index contributed by atoms with van der Waals surface area (Å²) in [5, 5.41) is 3.11. The first kappa shape index (κ1) is 14.8. The van der Waals surface area contributed by atoms with Gasteiger partial charge < -0.3 is 10.2 Å². The molecule has 118 valence electrons. The Morgan fingerprint density at radius 3 is 2.57 bits per heavy atom. The van der Waals surface area contributed by atoms with Crippen LogP contribution in [0.4, 0.5) is 0 Å². The molecule has 2 amide bonds. The van der Waals surface area contributed by atoms with Crippen molar-refractivity contribution in [2.24, 2.45) is 5.92 Å². The summed E-state index contributed by atoms with van der Waals surface area (Å²) >= 11 is 0. The van der Waals surface area contributed by atoms with Gasteiger partial charge in [-0.1, -0.05) is 13.8 Å². The van der Waals surface area contributed by atoms with E-state index in [1.807, 2.05) is 25.7 Å². The average molecular weight is 293 g/mol. The number of carbonyl (C=O) groups excluding carboxylic acids is 2. The summed E-state index contributed by atoms with van der Waals surface area (Å²) in [5.41, 5.74) is -0.235. The highest BCUT2D eigenvalue weighted by Crippen LogP contribution is 2.45. The first-order valence-electron chi connectivity index (χ1n) is 8.12. The number of nitrogens with zero attached hydrogens (tertiary/aromatic N) is 2. The van der Waals surface area contributed by atoms with Crippen LogP contribution in [0.3, 0.4) is 0 Å². The van der Waals surface area contributed by atoms with Crippen LogP contribution in [0.5, 0.6) is 0 Å². The van der Waals surface area contributed by atoms with Gasteiger partial charge in [0, 0.05) is 5.54 Å². The molecule has 3 heterocycles. The molecule has 5 heteroatoms. The number of nitrogens with one attached hydrogen (secondary N) is 1. The maximum atomic E-state index is 12.8. The molecular formula is C16H27N3O2. The molecule has 3 fully saturated rings. The van der Waals surface area contributed by atoms with Crippen LogP contribution in [0, 0.1) is 5.92 Å². The van der Waals surface area contributed by atoms with Crippen molar-refractivity contribution in [1.82, 2.24) is 15.1 Å². The molecule has 0 bridgehead atoms. The quantitative estimate of drug-likeness (QED) is 0.772. The summed E-state index contributed by atoms with van der Waals surface area (Å²) < 4.78 is 0. The minimum Gasteiger partial charge on any atom is -0.350 e. The molecule has 3 aliphatic heterocycles. The first-order chi connectivity index (χ1) is 9.72. The van der Waals surface area contributed by atoms with Gasteiger partial charge in [-0.15, -0.1) is 0 Å². The molecule has 0 spiro atoms. The van der Waals surface area contributed by atoms with E-state index in [-0.39, 0.29) is 41.5 Å². The van der Waals surface area contributed by atoms with Gasteiger partial charge in [0.2, 0.25) is 11.8 Å². The van der Waals surface area contributed by atoms with E-state index in [2.05, 4.69) is 24.1 Å². The summed E-state index contributed by atoms with van der Waals surface area (Å²) in [4.78, 5) is 29.5. The number of hydrogen-bond donors (Lipinski definition) is 1. The molecular weight excluding hydrogens is 266 g/mol. The second kappa shape index (κ2) is 4.70. The molecule has 5 nitrogen and oxygen atoms in total. The van der Waals surface area contributed by atoms with Crippen molar-refractivity contribution in [3.05, 3.63) is 0 Å². The second-order valence-corrected chi connectivity index (χ2v) is 8.05. The summed E-state index contributed by atoms with van der Waals surface area (Å²) in [6.07, 6.45) is 1.91. The van der Waals surface area contributed by atoms with Crippen molar-refractivity contribution < 1.29 is 9.59 Å². The third kappa shape index (κ3) is 2.35. The minimum atomic E-state index is -0.235. The molecule has 3 aliphatic rings. The van der Waals surface area contributed by atoms with Crippen LogP contribution in [0.2, 0.25) is 0 Å². The average Bonchev–Trinajstić information content (AvgIpc) is 2.87. The van der Waals surface area contributed by atoms with E-state index in [0.29, 0.717) is 5.92 Å². The summed E-state index contributed by atoms with van der Waals surface area (Å²) in [6.45, 7) is 11.2. The summed E-state index contributed by atoms with van der Waals surface area (Å²) in [5.74, 6) is 0.736. The van der Waals surface area contributed by atoms with Crippen molar-refractivity contribution in [2.75, 3.05) is 6.54 Å². The number of fused-ring (bicyclic) bond motifs is 2. The Kier molecular flexibility index (Phi) is 3.32. The molecule has 0 aromatic carbocycles. The lowest BCUT2D eigenvalue weighted by molar-refractivity contribution is -0.140. The molecule has 0 aromatic rings. The first-order valence-corrected chi connectivity index (χ1v) is 8.12. The van der Waals surface area contributed by atoms with Gasteiger partial charge in [0.15, 0.2) is 0 Å². The molecule has 3 rings (SSSR count). The van der Waals surface area contributed by atoms with E-state index in [4.69, 9.17) is 0 Å². The minimum absolute atomic E-state index is 0.0688. The molecule has 0 saturated carbocycles. The van der Waals surface area contributed by atoms with E-state index in [1.165, 1.54) is 0 Å². The van der Waals surface area contributed by atoms with Gasteiger partial charge in [-0.3, -0.25) is 14.5 Å². The Hall–Kier alpha value is -1.10. The SMILES string of the molecule is CC(C)[C@H]1[C@@H]2[C@H](C(=O)NC(C)(C)C)N3CCC[C@@H]3C(=O)N21. The number of rotatable bonds is 2. The molecule has 1 N–H and O–H groups in total. The molecule has 0 aromatic heterocycles. The number of carbonyl (C=O) groups is 2. The van der Waals surface area contributed by atoms with Crippen LogP contribution in [-0.2, 0) is 9.59 Å². The Morgan fingerprint density at radius 1 is 1.33 bits per heavy atom. The smallest absolute Gasteiger partial charge is 0.240 e. The van der Waals surface area contributed by atoms with Crippen molar-refractivity contribution in [1.29, 1.82) is 0 Å². The lowest BCUT2D eigenvalue weighted by Gasteiger charge is -2.37. The fourth-order valence-electron chi connectivity index (χ4n) is 4.12. The zero-order valence-corrected chi connectivity index (χ0v) is 13.7.